The van der Waals surface area contributed by atoms with Gasteiger partial charge < -0.3 is 15.4 Å². The Labute approximate surface area is 152 Å². The normalized spacial score (nSPS) is 16.0. The van der Waals surface area contributed by atoms with Gasteiger partial charge in [0.2, 0.25) is 0 Å². The first-order chi connectivity index (χ1) is 12.3. The molecule has 1 aromatic carbocycles. The first-order valence-electron chi connectivity index (χ1n) is 9.64. The standard InChI is InChI=1S/C20H34N4O/c1-3-25-15-7-12-22-20(21-2)23-16-18-8-10-19(11-9-18)17-24-13-5-4-6-14-24/h8-11H,3-7,12-17H2,1-2H3,(H2,21,22,23). The third-order valence-corrected chi connectivity index (χ3v) is 4.52. The summed E-state index contributed by atoms with van der Waals surface area (Å²) in [6, 6.07) is 8.94. The van der Waals surface area contributed by atoms with Crippen molar-refractivity contribution in [3.8, 4) is 0 Å². The van der Waals surface area contributed by atoms with Gasteiger partial charge in [-0.3, -0.25) is 9.89 Å². The maximum atomic E-state index is 5.34. The number of benzene rings is 1. The fourth-order valence-electron chi connectivity index (χ4n) is 3.07. The molecule has 0 radical (unpaired) electrons. The molecule has 0 spiro atoms. The minimum Gasteiger partial charge on any atom is -0.382 e. The van der Waals surface area contributed by atoms with E-state index in [1.54, 1.807) is 7.05 Å². The zero-order chi connectivity index (χ0) is 17.7. The van der Waals surface area contributed by atoms with Crippen LogP contribution < -0.4 is 10.6 Å². The molecule has 2 N–H and O–H groups in total. The molecule has 2 rings (SSSR count). The molecular formula is C20H34N4O. The summed E-state index contributed by atoms with van der Waals surface area (Å²) in [5.41, 5.74) is 2.68. The van der Waals surface area contributed by atoms with Crippen LogP contribution in [0.1, 0.15) is 43.7 Å². The Kier molecular flexibility index (Phi) is 9.37. The second kappa shape index (κ2) is 11.9. The molecule has 1 aliphatic heterocycles. The summed E-state index contributed by atoms with van der Waals surface area (Å²) < 4.78 is 5.34. The molecule has 5 heteroatoms. The summed E-state index contributed by atoms with van der Waals surface area (Å²) in [4.78, 5) is 6.82. The predicted octanol–water partition coefficient (Wildman–Crippen LogP) is 2.76. The molecular weight excluding hydrogens is 312 g/mol. The fourth-order valence-corrected chi connectivity index (χ4v) is 3.07. The average molecular weight is 347 g/mol. The molecule has 1 aromatic rings. The quantitative estimate of drug-likeness (QED) is 0.410. The van der Waals surface area contributed by atoms with Crippen LogP contribution >= 0.6 is 0 Å². The molecule has 0 aromatic heterocycles. The third kappa shape index (κ3) is 7.88. The van der Waals surface area contributed by atoms with Gasteiger partial charge in [-0.2, -0.15) is 0 Å². The van der Waals surface area contributed by atoms with Gasteiger partial charge in [-0.25, -0.2) is 0 Å². The summed E-state index contributed by atoms with van der Waals surface area (Å²) >= 11 is 0. The van der Waals surface area contributed by atoms with E-state index in [9.17, 15) is 0 Å². The van der Waals surface area contributed by atoms with Crippen LogP contribution in [0.2, 0.25) is 0 Å². The molecule has 0 amide bonds. The van der Waals surface area contributed by atoms with E-state index < -0.39 is 0 Å². The van der Waals surface area contributed by atoms with Crippen LogP contribution in [0.3, 0.4) is 0 Å². The largest absolute Gasteiger partial charge is 0.382 e. The molecule has 1 heterocycles. The van der Waals surface area contributed by atoms with Crippen molar-refractivity contribution in [1.29, 1.82) is 0 Å². The fraction of sp³-hybridized carbons (Fsp3) is 0.650. The minimum atomic E-state index is 0.779. The van der Waals surface area contributed by atoms with Crippen LogP contribution in [0, 0.1) is 0 Å². The molecule has 5 nitrogen and oxygen atoms in total. The van der Waals surface area contributed by atoms with Crippen molar-refractivity contribution in [2.75, 3.05) is 39.9 Å². The van der Waals surface area contributed by atoms with E-state index in [2.05, 4.69) is 44.8 Å². The highest BCUT2D eigenvalue weighted by atomic mass is 16.5. The smallest absolute Gasteiger partial charge is 0.191 e. The Bertz CT molecular complexity index is 495. The number of nitrogens with one attached hydrogen (secondary N) is 2. The molecule has 0 saturated carbocycles. The van der Waals surface area contributed by atoms with Gasteiger partial charge in [0.1, 0.15) is 0 Å². The second-order valence-corrected chi connectivity index (χ2v) is 6.56. The number of likely N-dealkylation sites (tertiary alicyclic amines) is 1. The number of hydrogen-bond donors (Lipinski definition) is 2. The van der Waals surface area contributed by atoms with Crippen LogP contribution in [-0.2, 0) is 17.8 Å². The molecule has 0 atom stereocenters. The lowest BCUT2D eigenvalue weighted by atomic mass is 10.1. The van der Waals surface area contributed by atoms with Crippen LogP contribution in [-0.4, -0.2) is 50.8 Å². The summed E-state index contributed by atoms with van der Waals surface area (Å²) in [5.74, 6) is 0.842. The van der Waals surface area contributed by atoms with Gasteiger partial charge in [0.15, 0.2) is 5.96 Å². The monoisotopic (exact) mass is 346 g/mol. The Morgan fingerprint density at radius 2 is 1.80 bits per heavy atom. The molecule has 25 heavy (non-hydrogen) atoms. The van der Waals surface area contributed by atoms with Gasteiger partial charge >= 0.3 is 0 Å². The van der Waals surface area contributed by atoms with Gasteiger partial charge in [0.25, 0.3) is 0 Å². The molecule has 1 aliphatic rings. The van der Waals surface area contributed by atoms with Crippen LogP contribution in [0.4, 0.5) is 0 Å². The highest BCUT2D eigenvalue weighted by molar-refractivity contribution is 5.79. The Morgan fingerprint density at radius 3 is 2.48 bits per heavy atom. The number of guanidine groups is 1. The lowest BCUT2D eigenvalue weighted by molar-refractivity contribution is 0.145. The average Bonchev–Trinajstić information content (AvgIpc) is 2.66. The van der Waals surface area contributed by atoms with Gasteiger partial charge in [-0.15, -0.1) is 0 Å². The van der Waals surface area contributed by atoms with Crippen LogP contribution in [0.5, 0.6) is 0 Å². The highest BCUT2D eigenvalue weighted by Gasteiger charge is 2.10. The van der Waals surface area contributed by atoms with Crippen molar-refractivity contribution in [1.82, 2.24) is 15.5 Å². The van der Waals surface area contributed by atoms with Crippen molar-refractivity contribution in [2.24, 2.45) is 4.99 Å². The lowest BCUT2D eigenvalue weighted by Gasteiger charge is -2.26. The van der Waals surface area contributed by atoms with Gasteiger partial charge in [-0.1, -0.05) is 30.7 Å². The van der Waals surface area contributed by atoms with Crippen molar-refractivity contribution >= 4 is 5.96 Å². The minimum absolute atomic E-state index is 0.779. The lowest BCUT2D eigenvalue weighted by Crippen LogP contribution is -2.37. The van der Waals surface area contributed by atoms with Crippen LogP contribution in [0.15, 0.2) is 29.3 Å². The van der Waals surface area contributed by atoms with Crippen molar-refractivity contribution in [3.05, 3.63) is 35.4 Å². The summed E-state index contributed by atoms with van der Waals surface area (Å²) in [5, 5.41) is 6.68. The maximum Gasteiger partial charge on any atom is 0.191 e. The van der Waals surface area contributed by atoms with Gasteiger partial charge in [-0.05, 0) is 50.4 Å². The Hall–Kier alpha value is -1.59. The molecule has 1 saturated heterocycles. The first-order valence-corrected chi connectivity index (χ1v) is 9.64. The Balaban J connectivity index is 1.68. The summed E-state index contributed by atoms with van der Waals surface area (Å²) in [6.45, 7) is 8.81. The number of rotatable bonds is 9. The summed E-state index contributed by atoms with van der Waals surface area (Å²) in [6.07, 6.45) is 5.07. The van der Waals surface area contributed by atoms with Gasteiger partial charge in [0, 0.05) is 39.9 Å². The van der Waals surface area contributed by atoms with E-state index >= 15 is 0 Å². The SMILES string of the molecule is CCOCCCNC(=NC)NCc1ccc(CN2CCCCC2)cc1. The molecule has 0 aliphatic carbocycles. The van der Waals surface area contributed by atoms with E-state index in [0.717, 1.165) is 45.2 Å². The van der Waals surface area contributed by atoms with Crippen molar-refractivity contribution in [2.45, 2.75) is 45.7 Å². The predicted molar refractivity (Wildman–Crippen MR) is 105 cm³/mol. The maximum absolute atomic E-state index is 5.34. The van der Waals surface area contributed by atoms with E-state index in [1.165, 1.54) is 43.5 Å². The van der Waals surface area contributed by atoms with Crippen molar-refractivity contribution in [3.63, 3.8) is 0 Å². The molecule has 0 unspecified atom stereocenters. The van der Waals surface area contributed by atoms with E-state index in [-0.39, 0.29) is 0 Å². The van der Waals surface area contributed by atoms with Gasteiger partial charge in [0.05, 0.1) is 0 Å². The van der Waals surface area contributed by atoms with E-state index in [4.69, 9.17) is 4.74 Å². The van der Waals surface area contributed by atoms with Crippen LogP contribution in [0.25, 0.3) is 0 Å². The topological polar surface area (TPSA) is 48.9 Å². The number of aliphatic imine (C=N–C) groups is 1. The first kappa shape index (κ1) is 19.7. The summed E-state index contributed by atoms with van der Waals surface area (Å²) in [7, 11) is 1.81. The molecule has 0 bridgehead atoms. The zero-order valence-electron chi connectivity index (χ0n) is 15.9. The number of piperidine rings is 1. The second-order valence-electron chi connectivity index (χ2n) is 6.56. The zero-order valence-corrected chi connectivity index (χ0v) is 15.9. The Morgan fingerprint density at radius 1 is 1.08 bits per heavy atom. The number of nitrogens with zero attached hydrogens (tertiary/aromatic N) is 2. The number of hydrogen-bond acceptors (Lipinski definition) is 3. The highest BCUT2D eigenvalue weighted by Crippen LogP contribution is 2.13. The third-order valence-electron chi connectivity index (χ3n) is 4.52. The molecule has 140 valence electrons. The van der Waals surface area contributed by atoms with E-state index in [1.807, 2.05) is 6.92 Å². The molecule has 1 fully saturated rings. The van der Waals surface area contributed by atoms with E-state index in [0.29, 0.717) is 0 Å². The number of ether oxygens (including phenoxy) is 1. The van der Waals surface area contributed by atoms with Crippen molar-refractivity contribution < 1.29 is 4.74 Å².